The lowest BCUT2D eigenvalue weighted by atomic mass is 10.1. The first-order valence-electron chi connectivity index (χ1n) is 8.30. The van der Waals surface area contributed by atoms with E-state index in [-0.39, 0.29) is 5.69 Å². The van der Waals surface area contributed by atoms with Gasteiger partial charge < -0.3 is 5.32 Å². The van der Waals surface area contributed by atoms with Gasteiger partial charge in [-0.1, -0.05) is 27.5 Å². The van der Waals surface area contributed by atoms with Crippen molar-refractivity contribution in [3.63, 3.8) is 0 Å². The highest BCUT2D eigenvalue weighted by atomic mass is 79.9. The van der Waals surface area contributed by atoms with Crippen molar-refractivity contribution < 1.29 is 9.18 Å². The summed E-state index contributed by atoms with van der Waals surface area (Å²) in [6.45, 7) is 1.84. The zero-order valence-electron chi connectivity index (χ0n) is 14.6. The van der Waals surface area contributed by atoms with Crippen LogP contribution in [0.5, 0.6) is 0 Å². The fourth-order valence-electron chi connectivity index (χ4n) is 2.92. The molecule has 0 unspecified atom stereocenters. The Morgan fingerprint density at radius 1 is 1.21 bits per heavy atom. The molecule has 5 nitrogen and oxygen atoms in total. The summed E-state index contributed by atoms with van der Waals surface area (Å²) in [6, 6.07) is 12.9. The Bertz CT molecular complexity index is 1220. The normalized spacial score (nSPS) is 11.0. The van der Waals surface area contributed by atoms with E-state index in [0.29, 0.717) is 32.2 Å². The van der Waals surface area contributed by atoms with Crippen molar-refractivity contribution in [2.24, 2.45) is 0 Å². The van der Waals surface area contributed by atoms with E-state index in [2.05, 4.69) is 31.2 Å². The number of hydrogen-bond donors (Lipinski definition) is 1. The van der Waals surface area contributed by atoms with Crippen LogP contribution in [0.3, 0.4) is 0 Å². The van der Waals surface area contributed by atoms with Gasteiger partial charge in [0.25, 0.3) is 5.91 Å². The molecule has 4 rings (SSSR count). The van der Waals surface area contributed by atoms with E-state index in [4.69, 9.17) is 11.6 Å². The lowest BCUT2D eigenvalue weighted by Gasteiger charge is -2.12. The number of anilines is 1. The van der Waals surface area contributed by atoms with Crippen LogP contribution in [0.25, 0.3) is 16.9 Å². The Kier molecular flexibility index (Phi) is 4.87. The second kappa shape index (κ2) is 7.33. The van der Waals surface area contributed by atoms with Crippen LogP contribution in [-0.4, -0.2) is 20.4 Å². The summed E-state index contributed by atoms with van der Waals surface area (Å²) >= 11 is 9.59. The van der Waals surface area contributed by atoms with Crippen LogP contribution in [-0.2, 0) is 0 Å². The van der Waals surface area contributed by atoms with Gasteiger partial charge in [-0.05, 0) is 55.5 Å². The number of carbonyl (C=O) groups is 1. The molecule has 0 atom stereocenters. The molecule has 0 saturated carbocycles. The summed E-state index contributed by atoms with van der Waals surface area (Å²) in [5.74, 6) is -0.293. The summed E-state index contributed by atoms with van der Waals surface area (Å²) in [5.41, 5.74) is 2.36. The molecule has 0 bridgehead atoms. The monoisotopic (exact) mass is 458 g/mol. The second-order valence-corrected chi connectivity index (χ2v) is 7.41. The Balaban J connectivity index is 1.75. The molecule has 2 aromatic heterocycles. The summed E-state index contributed by atoms with van der Waals surface area (Å²) in [6.07, 6.45) is 1.67. The molecule has 1 N–H and O–H groups in total. The maximum Gasteiger partial charge on any atom is 0.255 e. The molecule has 0 radical (unpaired) electrons. The molecule has 0 spiro atoms. The summed E-state index contributed by atoms with van der Waals surface area (Å²) in [5, 5.41) is 3.02. The van der Waals surface area contributed by atoms with Gasteiger partial charge in [0.15, 0.2) is 5.65 Å². The third-order valence-electron chi connectivity index (χ3n) is 4.21. The number of carbonyl (C=O) groups excluding carboxylic acids is 1. The second-order valence-electron chi connectivity index (χ2n) is 6.09. The number of aromatic nitrogens is 3. The van der Waals surface area contributed by atoms with E-state index in [0.717, 1.165) is 5.52 Å². The van der Waals surface area contributed by atoms with Gasteiger partial charge in [0, 0.05) is 16.2 Å². The maximum atomic E-state index is 14.0. The number of amides is 1. The Labute approximate surface area is 173 Å². The molecule has 0 saturated heterocycles. The van der Waals surface area contributed by atoms with Crippen LogP contribution in [0, 0.1) is 12.7 Å². The first-order valence-corrected chi connectivity index (χ1v) is 9.47. The average molecular weight is 460 g/mol. The minimum absolute atomic E-state index is 0.0932. The minimum Gasteiger partial charge on any atom is -0.319 e. The van der Waals surface area contributed by atoms with Crippen molar-refractivity contribution in [3.05, 3.63) is 81.4 Å². The summed E-state index contributed by atoms with van der Waals surface area (Å²) < 4.78 is 16.4. The number of aryl methyl sites for hydroxylation is 1. The predicted octanol–water partition coefficient (Wildman–Crippen LogP) is 5.54. The molecule has 0 aliphatic heterocycles. The molecule has 1 amide bonds. The molecular formula is C20H13BrClFN4O. The van der Waals surface area contributed by atoms with Crippen molar-refractivity contribution in [2.45, 2.75) is 6.92 Å². The fraction of sp³-hybridized carbons (Fsp3) is 0.0500. The SMILES string of the molecule is Cc1nc2cccnc2n1-c1cc(C(=O)Nc2ccc(Br)cc2F)ccc1Cl. The van der Waals surface area contributed by atoms with Crippen molar-refractivity contribution >= 4 is 50.3 Å². The van der Waals surface area contributed by atoms with Gasteiger partial charge in [0.05, 0.1) is 16.4 Å². The smallest absolute Gasteiger partial charge is 0.255 e. The third kappa shape index (κ3) is 3.39. The number of pyridine rings is 1. The number of benzene rings is 2. The average Bonchev–Trinajstić information content (AvgIpc) is 3.00. The van der Waals surface area contributed by atoms with Crippen molar-refractivity contribution in [3.8, 4) is 5.69 Å². The van der Waals surface area contributed by atoms with Gasteiger partial charge >= 0.3 is 0 Å². The zero-order valence-corrected chi connectivity index (χ0v) is 16.9. The van der Waals surface area contributed by atoms with Crippen molar-refractivity contribution in [1.29, 1.82) is 0 Å². The van der Waals surface area contributed by atoms with E-state index < -0.39 is 11.7 Å². The number of halogens is 3. The molecule has 2 heterocycles. The van der Waals surface area contributed by atoms with Crippen LogP contribution in [0.15, 0.2) is 59.2 Å². The maximum absolute atomic E-state index is 14.0. The van der Waals surface area contributed by atoms with Crippen molar-refractivity contribution in [1.82, 2.24) is 14.5 Å². The molecule has 0 aliphatic rings. The Morgan fingerprint density at radius 2 is 2.04 bits per heavy atom. The van der Waals surface area contributed by atoms with Gasteiger partial charge in [-0.2, -0.15) is 0 Å². The van der Waals surface area contributed by atoms with Gasteiger partial charge in [-0.15, -0.1) is 0 Å². The zero-order chi connectivity index (χ0) is 19.8. The standard InChI is InChI=1S/C20H13BrClFN4O/c1-11-25-17-3-2-8-24-19(17)27(11)18-9-12(4-6-14(18)22)20(28)26-16-7-5-13(21)10-15(16)23/h2-10H,1H3,(H,26,28). The largest absolute Gasteiger partial charge is 0.319 e. The van der Waals surface area contributed by atoms with E-state index in [1.54, 1.807) is 41.1 Å². The number of fused-ring (bicyclic) bond motifs is 1. The number of hydrogen-bond acceptors (Lipinski definition) is 3. The van der Waals surface area contributed by atoms with Crippen LogP contribution in [0.1, 0.15) is 16.2 Å². The molecule has 0 fully saturated rings. The van der Waals surface area contributed by atoms with Crippen LogP contribution in [0.4, 0.5) is 10.1 Å². The minimum atomic E-state index is -0.530. The summed E-state index contributed by atoms with van der Waals surface area (Å²) in [7, 11) is 0. The lowest BCUT2D eigenvalue weighted by molar-refractivity contribution is 0.102. The number of nitrogens with one attached hydrogen (secondary N) is 1. The molecular weight excluding hydrogens is 447 g/mol. The topological polar surface area (TPSA) is 59.8 Å². The highest BCUT2D eigenvalue weighted by Gasteiger charge is 2.16. The Hall–Kier alpha value is -2.77. The highest BCUT2D eigenvalue weighted by Crippen LogP contribution is 2.27. The molecule has 8 heteroatoms. The van der Waals surface area contributed by atoms with Crippen LogP contribution < -0.4 is 5.32 Å². The summed E-state index contributed by atoms with van der Waals surface area (Å²) in [4.78, 5) is 21.5. The lowest BCUT2D eigenvalue weighted by Crippen LogP contribution is -2.13. The fourth-order valence-corrected chi connectivity index (χ4v) is 3.46. The van der Waals surface area contributed by atoms with Gasteiger partial charge in [0.2, 0.25) is 0 Å². The molecule has 0 aliphatic carbocycles. The first-order chi connectivity index (χ1) is 13.4. The van der Waals surface area contributed by atoms with Gasteiger partial charge in [-0.3, -0.25) is 9.36 Å². The van der Waals surface area contributed by atoms with E-state index in [1.807, 2.05) is 13.0 Å². The first kappa shape index (κ1) is 18.6. The number of rotatable bonds is 3. The molecule has 140 valence electrons. The predicted molar refractivity (Wildman–Crippen MR) is 111 cm³/mol. The highest BCUT2D eigenvalue weighted by molar-refractivity contribution is 9.10. The Morgan fingerprint density at radius 3 is 2.82 bits per heavy atom. The van der Waals surface area contributed by atoms with Crippen LogP contribution in [0.2, 0.25) is 5.02 Å². The third-order valence-corrected chi connectivity index (χ3v) is 5.03. The number of nitrogens with zero attached hydrogens (tertiary/aromatic N) is 3. The van der Waals surface area contributed by atoms with E-state index >= 15 is 0 Å². The molecule has 2 aromatic carbocycles. The van der Waals surface area contributed by atoms with E-state index in [9.17, 15) is 9.18 Å². The van der Waals surface area contributed by atoms with Gasteiger partial charge in [-0.25, -0.2) is 14.4 Å². The molecule has 4 aromatic rings. The van der Waals surface area contributed by atoms with Gasteiger partial charge in [0.1, 0.15) is 17.2 Å². The van der Waals surface area contributed by atoms with E-state index in [1.165, 1.54) is 12.1 Å². The molecule has 28 heavy (non-hydrogen) atoms. The number of imidazole rings is 1. The van der Waals surface area contributed by atoms with Crippen LogP contribution >= 0.6 is 27.5 Å². The quantitative estimate of drug-likeness (QED) is 0.438. The van der Waals surface area contributed by atoms with Crippen molar-refractivity contribution in [2.75, 3.05) is 5.32 Å².